The zero-order valence-corrected chi connectivity index (χ0v) is 30.6. The molecule has 0 bridgehead atoms. The highest BCUT2D eigenvalue weighted by molar-refractivity contribution is 7.99. The Morgan fingerprint density at radius 1 is 0.868 bits per heavy atom. The number of thioether (sulfide) groups is 1. The highest BCUT2D eigenvalue weighted by Gasteiger charge is 2.33. The van der Waals surface area contributed by atoms with E-state index in [9.17, 15) is 19.1 Å². The van der Waals surface area contributed by atoms with Crippen LogP contribution in [0.25, 0.3) is 22.6 Å². The SMILES string of the molecule is CCC(=O)C(F)CCCCCC(=O)Nc1ccc([C@H]2O[C@@H](CSc3nc(-c4ccccc4)c(-c4ccccc4)o3)C[C@@H](c3ccc(CO)cc3)O2)cc1. The van der Waals surface area contributed by atoms with Crippen molar-refractivity contribution >= 4 is 29.1 Å². The number of amides is 1. The largest absolute Gasteiger partial charge is 0.431 e. The Labute approximate surface area is 314 Å². The maximum Gasteiger partial charge on any atom is 0.256 e. The fourth-order valence-corrected chi connectivity index (χ4v) is 7.08. The van der Waals surface area contributed by atoms with Crippen molar-refractivity contribution in [2.75, 3.05) is 11.1 Å². The number of aliphatic hydroxyl groups excluding tert-OH is 1. The number of nitrogens with one attached hydrogen (secondary N) is 1. The second-order valence-corrected chi connectivity index (χ2v) is 14.1. The van der Waals surface area contributed by atoms with Gasteiger partial charge in [-0.15, -0.1) is 0 Å². The van der Waals surface area contributed by atoms with Crippen molar-refractivity contribution in [1.29, 1.82) is 0 Å². The van der Waals surface area contributed by atoms with E-state index in [1.165, 1.54) is 11.8 Å². The van der Waals surface area contributed by atoms with E-state index in [1.54, 1.807) is 6.92 Å². The van der Waals surface area contributed by atoms with Crippen molar-refractivity contribution in [2.45, 2.75) is 88.4 Å². The van der Waals surface area contributed by atoms with Crippen molar-refractivity contribution in [3.8, 4) is 22.6 Å². The molecule has 6 rings (SSSR count). The molecule has 10 heteroatoms. The maximum absolute atomic E-state index is 13.8. The first kappa shape index (κ1) is 38.1. The lowest BCUT2D eigenvalue weighted by Crippen LogP contribution is -2.31. The number of carbonyl (C=O) groups is 2. The highest BCUT2D eigenvalue weighted by Crippen LogP contribution is 2.41. The molecule has 0 aliphatic carbocycles. The van der Waals surface area contributed by atoms with Crippen molar-refractivity contribution in [2.24, 2.45) is 0 Å². The number of benzene rings is 4. The Morgan fingerprint density at radius 3 is 2.23 bits per heavy atom. The molecule has 0 saturated carbocycles. The van der Waals surface area contributed by atoms with Crippen LogP contribution in [-0.2, 0) is 25.7 Å². The van der Waals surface area contributed by atoms with E-state index in [4.69, 9.17) is 18.9 Å². The number of alkyl halides is 1. The number of hydrogen-bond acceptors (Lipinski definition) is 8. The highest BCUT2D eigenvalue weighted by atomic mass is 32.2. The molecule has 1 saturated heterocycles. The molecule has 2 N–H and O–H groups in total. The number of aromatic nitrogens is 1. The summed E-state index contributed by atoms with van der Waals surface area (Å²) >= 11 is 1.50. The summed E-state index contributed by atoms with van der Waals surface area (Å²) in [5.74, 6) is 0.806. The third-order valence-corrected chi connectivity index (χ3v) is 10.2. The predicted octanol–water partition coefficient (Wildman–Crippen LogP) is 10.0. The van der Waals surface area contributed by atoms with E-state index < -0.39 is 12.5 Å². The monoisotopic (exact) mass is 736 g/mol. The molecule has 1 aliphatic rings. The molecule has 5 aromatic rings. The summed E-state index contributed by atoms with van der Waals surface area (Å²) in [6, 6.07) is 35.2. The number of anilines is 1. The normalized spacial score (nSPS) is 17.7. The number of hydrogen-bond donors (Lipinski definition) is 2. The van der Waals surface area contributed by atoms with E-state index in [1.807, 2.05) is 109 Å². The predicted molar refractivity (Wildman–Crippen MR) is 205 cm³/mol. The number of halogens is 1. The number of nitrogens with zero attached hydrogens (tertiary/aromatic N) is 1. The van der Waals surface area contributed by atoms with Crippen LogP contribution >= 0.6 is 11.8 Å². The minimum absolute atomic E-state index is 0.0352. The van der Waals surface area contributed by atoms with Gasteiger partial charge in [0.2, 0.25) is 5.91 Å². The Kier molecular flexibility index (Phi) is 13.6. The van der Waals surface area contributed by atoms with E-state index in [0.29, 0.717) is 54.5 Å². The maximum atomic E-state index is 13.8. The molecular weight excluding hydrogens is 692 g/mol. The minimum Gasteiger partial charge on any atom is -0.431 e. The van der Waals surface area contributed by atoms with Gasteiger partial charge in [0.25, 0.3) is 5.22 Å². The smallest absolute Gasteiger partial charge is 0.256 e. The fourth-order valence-electron chi connectivity index (χ4n) is 6.24. The molecule has 1 unspecified atom stereocenters. The van der Waals surface area contributed by atoms with E-state index >= 15 is 0 Å². The van der Waals surface area contributed by atoms with Gasteiger partial charge in [-0.1, -0.05) is 129 Å². The molecule has 4 aromatic carbocycles. The molecule has 0 spiro atoms. The number of ether oxygens (including phenoxy) is 2. The molecule has 2 heterocycles. The molecule has 1 amide bonds. The van der Waals surface area contributed by atoms with Gasteiger partial charge in [-0.05, 0) is 36.1 Å². The summed E-state index contributed by atoms with van der Waals surface area (Å²) < 4.78 is 33.2. The van der Waals surface area contributed by atoms with Gasteiger partial charge in [0.15, 0.2) is 24.0 Å². The Morgan fingerprint density at radius 2 is 1.55 bits per heavy atom. The van der Waals surface area contributed by atoms with Gasteiger partial charge in [0.05, 0.1) is 18.8 Å². The van der Waals surface area contributed by atoms with Crippen LogP contribution in [-0.4, -0.2) is 39.8 Å². The molecule has 276 valence electrons. The van der Waals surface area contributed by atoms with Crippen LogP contribution < -0.4 is 5.32 Å². The third kappa shape index (κ3) is 10.5. The van der Waals surface area contributed by atoms with Crippen molar-refractivity contribution in [1.82, 2.24) is 4.98 Å². The summed E-state index contributed by atoms with van der Waals surface area (Å²) in [4.78, 5) is 28.9. The van der Waals surface area contributed by atoms with Crippen molar-refractivity contribution in [3.63, 3.8) is 0 Å². The second kappa shape index (κ2) is 18.9. The number of oxazole rings is 1. The molecular formula is C43H45FN2O6S. The fraction of sp³-hybridized carbons (Fsp3) is 0.326. The second-order valence-electron chi connectivity index (χ2n) is 13.1. The zero-order chi connectivity index (χ0) is 37.0. The average molecular weight is 737 g/mol. The quantitative estimate of drug-likeness (QED) is 0.0717. The summed E-state index contributed by atoms with van der Waals surface area (Å²) in [6.45, 7) is 1.63. The molecule has 4 atom stereocenters. The number of Topliss-reactive ketones (excluding diaryl/α,β-unsaturated/α-hetero) is 1. The molecule has 0 radical (unpaired) electrons. The molecule has 53 heavy (non-hydrogen) atoms. The van der Waals surface area contributed by atoms with Gasteiger partial charge in [0, 0.05) is 47.4 Å². The van der Waals surface area contributed by atoms with Gasteiger partial charge >= 0.3 is 0 Å². The van der Waals surface area contributed by atoms with Gasteiger partial charge in [0.1, 0.15) is 5.69 Å². The number of unbranched alkanes of at least 4 members (excludes halogenated alkanes) is 2. The molecule has 1 aliphatic heterocycles. The van der Waals surface area contributed by atoms with Gasteiger partial charge in [-0.2, -0.15) is 0 Å². The average Bonchev–Trinajstić information content (AvgIpc) is 3.65. The lowest BCUT2D eigenvalue weighted by atomic mass is 10.0. The Balaban J connectivity index is 1.11. The van der Waals surface area contributed by atoms with E-state index in [-0.39, 0.29) is 43.3 Å². The number of rotatable bonds is 17. The number of carbonyl (C=O) groups excluding carboxylic acids is 2. The van der Waals surface area contributed by atoms with Gasteiger partial charge < -0.3 is 24.3 Å². The topological polar surface area (TPSA) is 111 Å². The Hall–Kier alpha value is -4.61. The van der Waals surface area contributed by atoms with Crippen LogP contribution in [0.2, 0.25) is 0 Å². The summed E-state index contributed by atoms with van der Waals surface area (Å²) in [6.07, 6.45) is 0.672. The molecule has 1 aromatic heterocycles. The van der Waals surface area contributed by atoms with E-state index in [0.717, 1.165) is 33.5 Å². The van der Waals surface area contributed by atoms with Crippen LogP contribution in [0.3, 0.4) is 0 Å². The van der Waals surface area contributed by atoms with Crippen LogP contribution in [0.4, 0.5) is 10.1 Å². The first-order valence-corrected chi connectivity index (χ1v) is 19.2. The number of aliphatic hydroxyl groups is 1. The first-order chi connectivity index (χ1) is 25.9. The Bertz CT molecular complexity index is 1850. The lowest BCUT2D eigenvalue weighted by molar-refractivity contribution is -0.245. The minimum atomic E-state index is -1.41. The van der Waals surface area contributed by atoms with Crippen LogP contribution in [0.5, 0.6) is 0 Å². The summed E-state index contributed by atoms with van der Waals surface area (Å²) in [7, 11) is 0. The number of ketones is 1. The zero-order valence-electron chi connectivity index (χ0n) is 29.8. The lowest BCUT2D eigenvalue weighted by Gasteiger charge is -2.36. The summed E-state index contributed by atoms with van der Waals surface area (Å²) in [5, 5.41) is 13.1. The van der Waals surface area contributed by atoms with Crippen molar-refractivity contribution < 1.29 is 33.0 Å². The van der Waals surface area contributed by atoms with E-state index in [2.05, 4.69) is 5.32 Å². The standard InChI is InChI=1S/C43H45FN2O6S/c1-2-37(48)36(44)16-10-5-11-17-39(49)45-34-24-22-33(23-25-34)42-50-35(26-38(51-42)30-20-18-29(27-47)19-21-30)28-53-43-46-40(31-12-6-3-7-13-31)41(52-43)32-14-8-4-9-15-32/h3-4,6-9,12-15,18-25,35-36,38,42,47H,2,5,10-11,16-17,26-28H2,1H3,(H,45,49)/t35-,36?,38+,42+/m1/s1. The van der Waals surface area contributed by atoms with Crippen LogP contribution in [0.15, 0.2) is 119 Å². The van der Waals surface area contributed by atoms with Gasteiger partial charge in [-0.3, -0.25) is 9.59 Å². The first-order valence-electron chi connectivity index (χ1n) is 18.2. The third-order valence-electron chi connectivity index (χ3n) is 9.22. The van der Waals surface area contributed by atoms with Crippen molar-refractivity contribution in [3.05, 3.63) is 126 Å². The van der Waals surface area contributed by atoms with Crippen LogP contribution in [0.1, 0.15) is 81.0 Å². The molecule has 1 fully saturated rings. The molecule has 8 nitrogen and oxygen atoms in total. The van der Waals surface area contributed by atoms with Crippen LogP contribution in [0, 0.1) is 0 Å². The van der Waals surface area contributed by atoms with Gasteiger partial charge in [-0.25, -0.2) is 9.37 Å². The summed E-state index contributed by atoms with van der Waals surface area (Å²) in [5.41, 5.74) is 5.99.